The molecule has 1 aromatic rings. The number of hydrogen-bond donors (Lipinski definition) is 1. The largest absolute Gasteiger partial charge is 0.351 e. The number of carbonyl (C=O) groups is 1. The Morgan fingerprint density at radius 3 is 3.00 bits per heavy atom. The predicted molar refractivity (Wildman–Crippen MR) is 52.3 cm³/mol. The van der Waals surface area contributed by atoms with Gasteiger partial charge >= 0.3 is 0 Å². The Kier molecular flexibility index (Phi) is 3.99. The topological polar surface area (TPSA) is 42.0 Å². The number of carbonyl (C=O) groups excluding carboxylic acids is 1. The minimum atomic E-state index is -0.229. The normalized spacial score (nSPS) is 9.69. The van der Waals surface area contributed by atoms with Crippen LogP contribution < -0.4 is 5.32 Å². The molecule has 70 valence electrons. The summed E-state index contributed by atoms with van der Waals surface area (Å²) in [6.07, 6.45) is 2.94. The van der Waals surface area contributed by atoms with Crippen LogP contribution in [-0.4, -0.2) is 23.3 Å². The molecule has 3 nitrogen and oxygen atoms in total. The van der Waals surface area contributed by atoms with Crippen LogP contribution in [0.25, 0.3) is 0 Å². The zero-order chi connectivity index (χ0) is 9.68. The highest BCUT2D eigenvalue weighted by Gasteiger charge is 2.08. The van der Waals surface area contributed by atoms with Gasteiger partial charge in [0.25, 0.3) is 5.91 Å². The fraction of sp³-hybridized carbons (Fsp3) is 0.250. The molecule has 0 atom stereocenters. The first-order valence-corrected chi connectivity index (χ1v) is 4.60. The van der Waals surface area contributed by atoms with E-state index in [0.717, 1.165) is 0 Å². The van der Waals surface area contributed by atoms with Crippen molar-refractivity contribution < 1.29 is 4.79 Å². The second-order valence-corrected chi connectivity index (χ2v) is 3.09. The number of alkyl halides is 1. The molecule has 1 N–H and O–H groups in total. The first kappa shape index (κ1) is 10.3. The highest BCUT2D eigenvalue weighted by Crippen LogP contribution is 2.12. The van der Waals surface area contributed by atoms with Crippen molar-refractivity contribution in [3.05, 3.63) is 29.0 Å². The maximum Gasteiger partial charge on any atom is 0.252 e. The number of nitrogens with zero attached hydrogens (tertiary/aromatic N) is 1. The molecule has 13 heavy (non-hydrogen) atoms. The summed E-state index contributed by atoms with van der Waals surface area (Å²) >= 11 is 11.2. The highest BCUT2D eigenvalue weighted by atomic mass is 35.5. The number of rotatable bonds is 3. The molecule has 0 aromatic carbocycles. The summed E-state index contributed by atoms with van der Waals surface area (Å²) < 4.78 is 0. The van der Waals surface area contributed by atoms with Crippen LogP contribution in [0, 0.1) is 0 Å². The van der Waals surface area contributed by atoms with Crippen molar-refractivity contribution in [1.29, 1.82) is 0 Å². The van der Waals surface area contributed by atoms with Gasteiger partial charge in [-0.25, -0.2) is 0 Å². The van der Waals surface area contributed by atoms with Crippen LogP contribution in [0.2, 0.25) is 5.02 Å². The van der Waals surface area contributed by atoms with Gasteiger partial charge in [0, 0.05) is 24.8 Å². The molecular formula is C8H8Cl2N2O. The average Bonchev–Trinajstić information content (AvgIpc) is 2.15. The molecule has 0 bridgehead atoms. The molecule has 0 spiro atoms. The van der Waals surface area contributed by atoms with E-state index in [2.05, 4.69) is 10.3 Å². The van der Waals surface area contributed by atoms with Crippen LogP contribution >= 0.6 is 23.2 Å². The van der Waals surface area contributed by atoms with E-state index < -0.39 is 0 Å². The van der Waals surface area contributed by atoms with E-state index in [4.69, 9.17) is 23.2 Å². The van der Waals surface area contributed by atoms with Gasteiger partial charge in [-0.1, -0.05) is 11.6 Å². The van der Waals surface area contributed by atoms with Crippen molar-refractivity contribution in [3.8, 4) is 0 Å². The molecule has 1 heterocycles. The van der Waals surface area contributed by atoms with Crippen LogP contribution in [0.5, 0.6) is 0 Å². The number of pyridine rings is 1. The predicted octanol–water partition coefficient (Wildman–Crippen LogP) is 1.70. The van der Waals surface area contributed by atoms with Crippen LogP contribution in [0.1, 0.15) is 10.4 Å². The van der Waals surface area contributed by atoms with Crippen molar-refractivity contribution in [2.45, 2.75) is 0 Å². The SMILES string of the molecule is O=C(NCCCl)c1ccncc1Cl. The minimum absolute atomic E-state index is 0.229. The average molecular weight is 219 g/mol. The fourth-order valence-electron chi connectivity index (χ4n) is 0.815. The summed E-state index contributed by atoms with van der Waals surface area (Å²) in [7, 11) is 0. The van der Waals surface area contributed by atoms with Crippen LogP contribution in [0.3, 0.4) is 0 Å². The van der Waals surface area contributed by atoms with Gasteiger partial charge < -0.3 is 5.32 Å². The molecule has 0 unspecified atom stereocenters. The summed E-state index contributed by atoms with van der Waals surface area (Å²) in [5.41, 5.74) is 0.418. The second-order valence-electron chi connectivity index (χ2n) is 2.30. The minimum Gasteiger partial charge on any atom is -0.351 e. The Morgan fingerprint density at radius 1 is 1.62 bits per heavy atom. The molecule has 0 fully saturated rings. The lowest BCUT2D eigenvalue weighted by molar-refractivity contribution is 0.0956. The molecule has 1 amide bonds. The standard InChI is InChI=1S/C8H8Cl2N2O/c9-2-4-12-8(13)6-1-3-11-5-7(6)10/h1,3,5H,2,4H2,(H,12,13). The van der Waals surface area contributed by atoms with E-state index in [0.29, 0.717) is 23.0 Å². The lowest BCUT2D eigenvalue weighted by atomic mass is 10.2. The van der Waals surface area contributed by atoms with Gasteiger partial charge in [-0.05, 0) is 6.07 Å². The molecule has 1 aromatic heterocycles. The first-order valence-electron chi connectivity index (χ1n) is 3.69. The van der Waals surface area contributed by atoms with E-state index in [9.17, 15) is 4.79 Å². The van der Waals surface area contributed by atoms with Crippen LogP contribution in [0.4, 0.5) is 0 Å². The molecule has 1 rings (SSSR count). The molecule has 0 saturated heterocycles. The molecule has 5 heteroatoms. The van der Waals surface area contributed by atoms with Gasteiger partial charge in [0.15, 0.2) is 0 Å². The highest BCUT2D eigenvalue weighted by molar-refractivity contribution is 6.33. The van der Waals surface area contributed by atoms with Crippen LogP contribution in [-0.2, 0) is 0 Å². The van der Waals surface area contributed by atoms with Crippen LogP contribution in [0.15, 0.2) is 18.5 Å². The Morgan fingerprint density at radius 2 is 2.38 bits per heavy atom. The second kappa shape index (κ2) is 5.04. The number of nitrogens with one attached hydrogen (secondary N) is 1. The Balaban J connectivity index is 2.71. The molecule has 0 aliphatic rings. The lowest BCUT2D eigenvalue weighted by Gasteiger charge is -2.03. The Bertz CT molecular complexity index is 304. The zero-order valence-electron chi connectivity index (χ0n) is 6.76. The summed E-state index contributed by atoms with van der Waals surface area (Å²) in [6, 6.07) is 1.56. The number of amides is 1. The van der Waals surface area contributed by atoms with E-state index in [-0.39, 0.29) is 5.91 Å². The van der Waals surface area contributed by atoms with E-state index in [1.54, 1.807) is 6.07 Å². The fourth-order valence-corrected chi connectivity index (χ4v) is 1.11. The summed E-state index contributed by atoms with van der Waals surface area (Å²) in [4.78, 5) is 15.1. The Hall–Kier alpha value is -0.800. The summed E-state index contributed by atoms with van der Waals surface area (Å²) in [5, 5.41) is 2.95. The number of hydrogen-bond acceptors (Lipinski definition) is 2. The quantitative estimate of drug-likeness (QED) is 0.786. The molecular weight excluding hydrogens is 211 g/mol. The van der Waals surface area contributed by atoms with Gasteiger partial charge in [0.1, 0.15) is 0 Å². The van der Waals surface area contributed by atoms with Crippen molar-refractivity contribution in [1.82, 2.24) is 10.3 Å². The third-order valence-electron chi connectivity index (χ3n) is 1.40. The van der Waals surface area contributed by atoms with Gasteiger partial charge in [0.05, 0.1) is 10.6 Å². The number of aromatic nitrogens is 1. The molecule has 0 saturated carbocycles. The third kappa shape index (κ3) is 2.86. The lowest BCUT2D eigenvalue weighted by Crippen LogP contribution is -2.25. The zero-order valence-corrected chi connectivity index (χ0v) is 8.27. The molecule has 0 radical (unpaired) electrons. The third-order valence-corrected chi connectivity index (χ3v) is 1.89. The van der Waals surface area contributed by atoms with Gasteiger partial charge in [-0.15, -0.1) is 11.6 Å². The number of halogens is 2. The van der Waals surface area contributed by atoms with Crippen molar-refractivity contribution >= 4 is 29.1 Å². The van der Waals surface area contributed by atoms with Gasteiger partial charge in [-0.2, -0.15) is 0 Å². The monoisotopic (exact) mass is 218 g/mol. The van der Waals surface area contributed by atoms with Crippen molar-refractivity contribution in [2.75, 3.05) is 12.4 Å². The summed E-state index contributed by atoms with van der Waals surface area (Å²) in [5.74, 6) is 0.155. The van der Waals surface area contributed by atoms with Crippen molar-refractivity contribution in [2.24, 2.45) is 0 Å². The van der Waals surface area contributed by atoms with Gasteiger partial charge in [0.2, 0.25) is 0 Å². The Labute approximate surface area is 86.1 Å². The summed E-state index contributed by atoms with van der Waals surface area (Å²) in [6.45, 7) is 0.430. The molecule has 0 aliphatic carbocycles. The van der Waals surface area contributed by atoms with Crippen molar-refractivity contribution in [3.63, 3.8) is 0 Å². The maximum absolute atomic E-state index is 11.3. The van der Waals surface area contributed by atoms with Gasteiger partial charge in [-0.3, -0.25) is 9.78 Å². The van der Waals surface area contributed by atoms with E-state index >= 15 is 0 Å². The smallest absolute Gasteiger partial charge is 0.252 e. The molecule has 0 aliphatic heterocycles. The maximum atomic E-state index is 11.3. The first-order chi connectivity index (χ1) is 6.25. The van der Waals surface area contributed by atoms with E-state index in [1.165, 1.54) is 12.4 Å². The van der Waals surface area contributed by atoms with E-state index in [1.807, 2.05) is 0 Å².